The Bertz CT molecular complexity index is 98.3. The van der Waals surface area contributed by atoms with Crippen LogP contribution in [-0.4, -0.2) is 22.3 Å². The van der Waals surface area contributed by atoms with Gasteiger partial charge in [-0.3, -0.25) is 0 Å². The first kappa shape index (κ1) is 10.4. The number of hydrogen-bond donors (Lipinski definition) is 2. The molecule has 0 amide bonds. The van der Waals surface area contributed by atoms with Crippen LogP contribution in [-0.2, 0) is 4.79 Å². The maximum Gasteiger partial charge on any atom is 0.332 e. The van der Waals surface area contributed by atoms with Gasteiger partial charge < -0.3 is 10.2 Å². The molecule has 1 saturated carbocycles. The van der Waals surface area contributed by atoms with E-state index in [-0.39, 0.29) is 0 Å². The molecule has 1 aliphatic carbocycles. The smallest absolute Gasteiger partial charge is 0.332 e. The molecule has 11 heavy (non-hydrogen) atoms. The van der Waals surface area contributed by atoms with Crippen molar-refractivity contribution in [2.75, 3.05) is 0 Å². The molecule has 0 radical (unpaired) electrons. The van der Waals surface area contributed by atoms with Gasteiger partial charge in [-0.1, -0.05) is 32.1 Å². The van der Waals surface area contributed by atoms with Crippen LogP contribution in [0, 0.1) is 0 Å². The van der Waals surface area contributed by atoms with Gasteiger partial charge in [-0.15, -0.1) is 0 Å². The molecule has 1 aliphatic rings. The topological polar surface area (TPSA) is 57.5 Å². The van der Waals surface area contributed by atoms with Gasteiger partial charge in [0.1, 0.15) is 6.10 Å². The fourth-order valence-corrected chi connectivity index (χ4v) is 0.884. The second-order valence-electron chi connectivity index (χ2n) is 2.78. The summed E-state index contributed by atoms with van der Waals surface area (Å²) in [5.41, 5.74) is 0. The van der Waals surface area contributed by atoms with Crippen molar-refractivity contribution in [2.24, 2.45) is 0 Å². The number of carboxylic acid groups (broad SMARTS) is 1. The van der Waals surface area contributed by atoms with Gasteiger partial charge in [-0.05, 0) is 6.92 Å². The van der Waals surface area contributed by atoms with Crippen LogP contribution in [0.25, 0.3) is 0 Å². The fourth-order valence-electron chi connectivity index (χ4n) is 0.884. The van der Waals surface area contributed by atoms with E-state index in [4.69, 9.17) is 10.2 Å². The highest BCUT2D eigenvalue weighted by molar-refractivity contribution is 5.71. The van der Waals surface area contributed by atoms with Crippen molar-refractivity contribution in [2.45, 2.75) is 45.1 Å². The second-order valence-corrected chi connectivity index (χ2v) is 2.78. The number of hydrogen-bond acceptors (Lipinski definition) is 2. The predicted octanol–water partition coefficient (Wildman–Crippen LogP) is 1.40. The van der Waals surface area contributed by atoms with Gasteiger partial charge in [0.05, 0.1) is 0 Å². The average molecular weight is 160 g/mol. The van der Waals surface area contributed by atoms with Crippen LogP contribution < -0.4 is 0 Å². The van der Waals surface area contributed by atoms with E-state index in [0.29, 0.717) is 0 Å². The highest BCUT2D eigenvalue weighted by Gasteiger charge is 2.01. The van der Waals surface area contributed by atoms with Crippen molar-refractivity contribution in [3.8, 4) is 0 Å². The Kier molecular flexibility index (Phi) is 5.84. The monoisotopic (exact) mass is 160 g/mol. The standard InChI is InChI=1S/C5H10.C3H6O3/c1-2-4-5-3-1;1-2(4)3(5)6/h1-5H2;2,4H,1H3,(H,5,6). The van der Waals surface area contributed by atoms with Gasteiger partial charge in [0.25, 0.3) is 0 Å². The molecule has 0 heterocycles. The molecule has 1 atom stereocenters. The van der Waals surface area contributed by atoms with Gasteiger partial charge in [0.2, 0.25) is 0 Å². The Hall–Kier alpha value is -0.570. The Morgan fingerprint density at radius 2 is 1.36 bits per heavy atom. The summed E-state index contributed by atoms with van der Waals surface area (Å²) in [5.74, 6) is -1.19. The lowest BCUT2D eigenvalue weighted by atomic mass is 10.4. The number of rotatable bonds is 1. The molecule has 0 aromatic rings. The van der Waals surface area contributed by atoms with E-state index < -0.39 is 12.1 Å². The van der Waals surface area contributed by atoms with Crippen LogP contribution in [0.15, 0.2) is 0 Å². The molecule has 1 unspecified atom stereocenters. The largest absolute Gasteiger partial charge is 0.479 e. The lowest BCUT2D eigenvalue weighted by Gasteiger charge is -1.89. The summed E-state index contributed by atoms with van der Waals surface area (Å²) in [6.07, 6.45) is 6.27. The number of carboxylic acids is 1. The van der Waals surface area contributed by atoms with Crippen LogP contribution in [0.4, 0.5) is 0 Å². The van der Waals surface area contributed by atoms with Crippen molar-refractivity contribution in [1.82, 2.24) is 0 Å². The summed E-state index contributed by atoms with van der Waals surface area (Å²) in [7, 11) is 0. The van der Waals surface area contributed by atoms with E-state index in [1.807, 2.05) is 0 Å². The Morgan fingerprint density at radius 3 is 1.45 bits per heavy atom. The zero-order chi connectivity index (χ0) is 8.69. The quantitative estimate of drug-likeness (QED) is 0.609. The lowest BCUT2D eigenvalue weighted by Crippen LogP contribution is -2.13. The van der Waals surface area contributed by atoms with Crippen molar-refractivity contribution in [3.63, 3.8) is 0 Å². The first-order chi connectivity index (χ1) is 5.14. The van der Waals surface area contributed by atoms with Gasteiger partial charge in [-0.25, -0.2) is 4.79 Å². The van der Waals surface area contributed by atoms with Crippen LogP contribution in [0.2, 0.25) is 0 Å². The first-order valence-corrected chi connectivity index (χ1v) is 4.05. The maximum absolute atomic E-state index is 9.45. The highest BCUT2D eigenvalue weighted by atomic mass is 16.4. The molecule has 1 rings (SSSR count). The van der Waals surface area contributed by atoms with Gasteiger partial charge >= 0.3 is 5.97 Å². The lowest BCUT2D eigenvalue weighted by molar-refractivity contribution is -0.145. The molecular weight excluding hydrogens is 144 g/mol. The summed E-state index contributed by atoms with van der Waals surface area (Å²) < 4.78 is 0. The molecule has 66 valence electrons. The number of aliphatic hydroxyl groups is 1. The summed E-state index contributed by atoms with van der Waals surface area (Å²) in [6.45, 7) is 1.20. The Labute approximate surface area is 67.0 Å². The van der Waals surface area contributed by atoms with E-state index in [1.165, 1.54) is 39.0 Å². The molecule has 1 fully saturated rings. The summed E-state index contributed by atoms with van der Waals surface area (Å²) >= 11 is 0. The molecule has 0 aromatic carbocycles. The van der Waals surface area contributed by atoms with Gasteiger partial charge in [0, 0.05) is 0 Å². The van der Waals surface area contributed by atoms with Crippen molar-refractivity contribution >= 4 is 5.97 Å². The number of aliphatic hydroxyl groups excluding tert-OH is 1. The number of aliphatic carboxylic acids is 1. The summed E-state index contributed by atoms with van der Waals surface area (Å²) in [5, 5.41) is 15.8. The highest BCUT2D eigenvalue weighted by Crippen LogP contribution is 2.15. The predicted molar refractivity (Wildman–Crippen MR) is 42.4 cm³/mol. The minimum Gasteiger partial charge on any atom is -0.479 e. The average Bonchev–Trinajstić information content (AvgIpc) is 2.41. The van der Waals surface area contributed by atoms with Crippen LogP contribution in [0.3, 0.4) is 0 Å². The normalized spacial score (nSPS) is 18.4. The Morgan fingerprint density at radius 1 is 1.18 bits per heavy atom. The van der Waals surface area contributed by atoms with Crippen molar-refractivity contribution < 1.29 is 15.0 Å². The molecule has 0 spiro atoms. The van der Waals surface area contributed by atoms with E-state index in [9.17, 15) is 4.79 Å². The SMILES string of the molecule is C1CCCC1.CC(O)C(=O)O. The van der Waals surface area contributed by atoms with E-state index in [0.717, 1.165) is 0 Å². The van der Waals surface area contributed by atoms with E-state index in [2.05, 4.69) is 0 Å². The summed E-state index contributed by atoms with van der Waals surface area (Å²) in [6, 6.07) is 0. The second kappa shape index (κ2) is 6.16. The number of carbonyl (C=O) groups is 1. The molecule has 0 bridgehead atoms. The van der Waals surface area contributed by atoms with Crippen molar-refractivity contribution in [1.29, 1.82) is 0 Å². The minimum absolute atomic E-state index is 1.19. The van der Waals surface area contributed by atoms with Crippen molar-refractivity contribution in [3.05, 3.63) is 0 Å². The van der Waals surface area contributed by atoms with Gasteiger partial charge in [-0.2, -0.15) is 0 Å². The molecule has 0 saturated heterocycles. The maximum atomic E-state index is 9.45. The van der Waals surface area contributed by atoms with E-state index >= 15 is 0 Å². The third-order valence-corrected chi connectivity index (χ3v) is 1.61. The van der Waals surface area contributed by atoms with Crippen LogP contribution >= 0.6 is 0 Å². The summed E-state index contributed by atoms with van der Waals surface area (Å²) in [4.78, 5) is 9.45. The zero-order valence-electron chi connectivity index (χ0n) is 6.92. The molecule has 2 N–H and O–H groups in total. The molecular formula is C8H16O3. The van der Waals surface area contributed by atoms with Crippen LogP contribution in [0.5, 0.6) is 0 Å². The fraction of sp³-hybridized carbons (Fsp3) is 0.875. The van der Waals surface area contributed by atoms with Gasteiger partial charge in [0.15, 0.2) is 0 Å². The zero-order valence-corrected chi connectivity index (χ0v) is 6.92. The molecule has 0 aromatic heterocycles. The molecule has 0 aliphatic heterocycles. The van der Waals surface area contributed by atoms with Crippen LogP contribution in [0.1, 0.15) is 39.0 Å². The third kappa shape index (κ3) is 7.33. The molecule has 3 nitrogen and oxygen atoms in total. The molecule has 3 heteroatoms. The Balaban J connectivity index is 0.000000183. The minimum atomic E-state index is -1.23. The third-order valence-electron chi connectivity index (χ3n) is 1.61. The first-order valence-electron chi connectivity index (χ1n) is 4.05. The van der Waals surface area contributed by atoms with E-state index in [1.54, 1.807) is 0 Å².